The summed E-state index contributed by atoms with van der Waals surface area (Å²) in [5.74, 6) is 0.744. The first-order chi connectivity index (χ1) is 11.8. The molecule has 5 heteroatoms. The summed E-state index contributed by atoms with van der Waals surface area (Å²) < 4.78 is 2.19. The third kappa shape index (κ3) is 3.82. The molecular formula is C19H25ClN4. The van der Waals surface area contributed by atoms with Gasteiger partial charge >= 0.3 is 0 Å². The first-order valence-corrected chi connectivity index (χ1v) is 9.37. The summed E-state index contributed by atoms with van der Waals surface area (Å²) in [6, 6.07) is 10.6. The van der Waals surface area contributed by atoms with Crippen LogP contribution in [0.1, 0.15) is 29.8 Å². The number of halogens is 1. The number of aryl methyl sites for hydroxylation is 1. The fourth-order valence-corrected chi connectivity index (χ4v) is 4.03. The van der Waals surface area contributed by atoms with E-state index in [9.17, 15) is 0 Å². The second-order valence-electron chi connectivity index (χ2n) is 7.10. The lowest BCUT2D eigenvalue weighted by molar-refractivity contribution is 0.311. The van der Waals surface area contributed by atoms with E-state index >= 15 is 0 Å². The highest BCUT2D eigenvalue weighted by atomic mass is 35.5. The van der Waals surface area contributed by atoms with Gasteiger partial charge in [0.15, 0.2) is 0 Å². The van der Waals surface area contributed by atoms with Crippen LogP contribution in [-0.4, -0.2) is 34.3 Å². The third-order valence-electron chi connectivity index (χ3n) is 5.14. The quantitative estimate of drug-likeness (QED) is 0.925. The molecule has 2 aromatic rings. The maximum Gasteiger partial charge on any atom is 0.0768 e. The standard InChI is InChI=1S/C19H25ClN4/c20-17-4-2-15(3-5-17)10-16-6-9-23(13-16)14-18-11-19-12-21-7-1-8-24(19)22-18/h2-5,11,16,21H,1,6-10,12-14H2. The highest BCUT2D eigenvalue weighted by Crippen LogP contribution is 2.23. The molecule has 1 N–H and O–H groups in total. The van der Waals surface area contributed by atoms with Gasteiger partial charge in [-0.3, -0.25) is 9.58 Å². The molecule has 0 amide bonds. The molecule has 2 aliphatic heterocycles. The number of aromatic nitrogens is 2. The molecule has 0 aliphatic carbocycles. The molecule has 0 spiro atoms. The number of nitrogens with one attached hydrogen (secondary N) is 1. The van der Waals surface area contributed by atoms with Gasteiger partial charge < -0.3 is 5.32 Å². The van der Waals surface area contributed by atoms with Gasteiger partial charge in [-0.05, 0) is 62.0 Å². The van der Waals surface area contributed by atoms with E-state index in [-0.39, 0.29) is 0 Å². The van der Waals surface area contributed by atoms with Crippen molar-refractivity contribution in [2.45, 2.75) is 38.9 Å². The Balaban J connectivity index is 1.33. The molecule has 3 heterocycles. The molecule has 1 fully saturated rings. The number of nitrogens with zero attached hydrogens (tertiary/aromatic N) is 3. The Morgan fingerprint density at radius 1 is 1.21 bits per heavy atom. The molecular weight excluding hydrogens is 320 g/mol. The molecule has 1 atom stereocenters. The Bertz CT molecular complexity index is 656. The molecule has 0 saturated carbocycles. The molecule has 24 heavy (non-hydrogen) atoms. The van der Waals surface area contributed by atoms with E-state index in [2.05, 4.69) is 33.1 Å². The summed E-state index contributed by atoms with van der Waals surface area (Å²) in [5, 5.41) is 9.10. The fraction of sp³-hybridized carbons (Fsp3) is 0.526. The SMILES string of the molecule is Clc1ccc(CC2CCN(Cc3cc4n(n3)CCCNC4)C2)cc1. The monoisotopic (exact) mass is 344 g/mol. The van der Waals surface area contributed by atoms with Crippen molar-refractivity contribution in [3.63, 3.8) is 0 Å². The van der Waals surface area contributed by atoms with Crippen LogP contribution in [0.3, 0.4) is 0 Å². The minimum absolute atomic E-state index is 0.744. The molecule has 4 nitrogen and oxygen atoms in total. The second kappa shape index (κ2) is 7.26. The van der Waals surface area contributed by atoms with Gasteiger partial charge in [-0.15, -0.1) is 0 Å². The number of fused-ring (bicyclic) bond motifs is 1. The minimum atomic E-state index is 0.744. The highest BCUT2D eigenvalue weighted by molar-refractivity contribution is 6.30. The molecule has 1 unspecified atom stereocenters. The van der Waals surface area contributed by atoms with E-state index in [4.69, 9.17) is 16.7 Å². The smallest absolute Gasteiger partial charge is 0.0768 e. The summed E-state index contributed by atoms with van der Waals surface area (Å²) >= 11 is 5.97. The molecule has 4 rings (SSSR count). The zero-order valence-electron chi connectivity index (χ0n) is 14.0. The average Bonchev–Trinajstić information content (AvgIpc) is 3.11. The maximum atomic E-state index is 5.97. The second-order valence-corrected chi connectivity index (χ2v) is 7.54. The molecule has 1 saturated heterocycles. The van der Waals surface area contributed by atoms with Crippen LogP contribution in [0.2, 0.25) is 5.02 Å². The largest absolute Gasteiger partial charge is 0.311 e. The summed E-state index contributed by atoms with van der Waals surface area (Å²) in [7, 11) is 0. The molecule has 2 aliphatic rings. The van der Waals surface area contributed by atoms with E-state index in [1.54, 1.807) is 0 Å². The lowest BCUT2D eigenvalue weighted by atomic mass is 9.99. The van der Waals surface area contributed by atoms with E-state index < -0.39 is 0 Å². The summed E-state index contributed by atoms with van der Waals surface area (Å²) in [5.41, 5.74) is 3.95. The van der Waals surface area contributed by atoms with Crippen LogP contribution in [0.5, 0.6) is 0 Å². The van der Waals surface area contributed by atoms with Crippen LogP contribution < -0.4 is 5.32 Å². The lowest BCUT2D eigenvalue weighted by Gasteiger charge is -2.14. The van der Waals surface area contributed by atoms with Gasteiger partial charge in [-0.1, -0.05) is 23.7 Å². The number of benzene rings is 1. The Morgan fingerprint density at radius 3 is 2.96 bits per heavy atom. The van der Waals surface area contributed by atoms with Gasteiger partial charge in [0.25, 0.3) is 0 Å². The fourth-order valence-electron chi connectivity index (χ4n) is 3.90. The van der Waals surface area contributed by atoms with Crippen molar-refractivity contribution in [1.29, 1.82) is 0 Å². The number of likely N-dealkylation sites (tertiary alicyclic amines) is 1. The Morgan fingerprint density at radius 2 is 2.08 bits per heavy atom. The summed E-state index contributed by atoms with van der Waals surface area (Å²) in [6.45, 7) is 6.42. The van der Waals surface area contributed by atoms with Crippen LogP contribution in [0.25, 0.3) is 0 Å². The highest BCUT2D eigenvalue weighted by Gasteiger charge is 2.23. The Labute approximate surface area is 148 Å². The third-order valence-corrected chi connectivity index (χ3v) is 5.39. The first-order valence-electron chi connectivity index (χ1n) is 8.99. The zero-order chi connectivity index (χ0) is 16.4. The minimum Gasteiger partial charge on any atom is -0.311 e. The van der Waals surface area contributed by atoms with Crippen LogP contribution in [0.15, 0.2) is 30.3 Å². The number of hydrogen-bond acceptors (Lipinski definition) is 3. The van der Waals surface area contributed by atoms with Gasteiger partial charge in [0.05, 0.1) is 11.4 Å². The molecule has 128 valence electrons. The van der Waals surface area contributed by atoms with Crippen molar-refractivity contribution in [1.82, 2.24) is 20.0 Å². The predicted molar refractivity (Wildman–Crippen MR) is 97.1 cm³/mol. The van der Waals surface area contributed by atoms with Gasteiger partial charge in [0, 0.05) is 31.2 Å². The van der Waals surface area contributed by atoms with E-state index in [1.165, 1.54) is 42.9 Å². The molecule has 1 aromatic carbocycles. The molecule has 1 aromatic heterocycles. The Hall–Kier alpha value is -1.36. The maximum absolute atomic E-state index is 5.97. The topological polar surface area (TPSA) is 33.1 Å². The first kappa shape index (κ1) is 16.1. The zero-order valence-corrected chi connectivity index (χ0v) is 14.8. The van der Waals surface area contributed by atoms with Gasteiger partial charge in [0.1, 0.15) is 0 Å². The molecule has 0 radical (unpaired) electrons. The predicted octanol–water partition coefficient (Wildman–Crippen LogP) is 3.09. The van der Waals surface area contributed by atoms with Crippen LogP contribution >= 0.6 is 11.6 Å². The normalized spacial score (nSPS) is 21.6. The number of hydrogen-bond donors (Lipinski definition) is 1. The van der Waals surface area contributed by atoms with Crippen molar-refractivity contribution in [2.75, 3.05) is 19.6 Å². The van der Waals surface area contributed by atoms with Crippen LogP contribution in [-0.2, 0) is 26.1 Å². The molecule has 0 bridgehead atoms. The van der Waals surface area contributed by atoms with Crippen molar-refractivity contribution in [3.05, 3.63) is 52.3 Å². The van der Waals surface area contributed by atoms with Crippen molar-refractivity contribution in [2.24, 2.45) is 5.92 Å². The number of rotatable bonds is 4. The van der Waals surface area contributed by atoms with E-state index in [0.29, 0.717) is 0 Å². The Kier molecular flexibility index (Phi) is 4.88. The van der Waals surface area contributed by atoms with Gasteiger partial charge in [0.2, 0.25) is 0 Å². The van der Waals surface area contributed by atoms with Crippen LogP contribution in [0.4, 0.5) is 0 Å². The van der Waals surface area contributed by atoms with Gasteiger partial charge in [-0.2, -0.15) is 5.10 Å². The van der Waals surface area contributed by atoms with Gasteiger partial charge in [-0.25, -0.2) is 0 Å². The van der Waals surface area contributed by atoms with Crippen molar-refractivity contribution in [3.8, 4) is 0 Å². The lowest BCUT2D eigenvalue weighted by Crippen LogP contribution is -2.21. The van der Waals surface area contributed by atoms with E-state index in [1.807, 2.05) is 12.1 Å². The van der Waals surface area contributed by atoms with Crippen LogP contribution in [0, 0.1) is 5.92 Å². The van der Waals surface area contributed by atoms with Crippen molar-refractivity contribution < 1.29 is 0 Å². The summed E-state index contributed by atoms with van der Waals surface area (Å²) in [4.78, 5) is 2.55. The van der Waals surface area contributed by atoms with Crippen molar-refractivity contribution >= 4 is 11.6 Å². The average molecular weight is 345 g/mol. The summed E-state index contributed by atoms with van der Waals surface area (Å²) in [6.07, 6.45) is 3.59. The van der Waals surface area contributed by atoms with E-state index in [0.717, 1.165) is 43.5 Å².